The molecule has 0 spiro atoms. The van der Waals surface area contributed by atoms with E-state index in [0.717, 1.165) is 10.0 Å². The summed E-state index contributed by atoms with van der Waals surface area (Å²) in [6.45, 7) is 1.78. The second-order valence-corrected chi connectivity index (χ2v) is 5.21. The van der Waals surface area contributed by atoms with Crippen molar-refractivity contribution in [3.8, 4) is 6.07 Å². The van der Waals surface area contributed by atoms with Gasteiger partial charge in [-0.1, -0.05) is 46.3 Å². The number of carbonyl (C=O) groups excluding carboxylic acids is 1. The van der Waals surface area contributed by atoms with E-state index in [2.05, 4.69) is 15.9 Å². The van der Waals surface area contributed by atoms with Gasteiger partial charge in [-0.05, 0) is 24.6 Å². The largest absolute Gasteiger partial charge is 0.292 e. The normalized spacial score (nSPS) is 11.7. The smallest absolute Gasteiger partial charge is 0.184 e. The van der Waals surface area contributed by atoms with Gasteiger partial charge >= 0.3 is 0 Å². The van der Waals surface area contributed by atoms with Gasteiger partial charge in [0.05, 0.1) is 6.07 Å². The Balaban J connectivity index is 2.49. The number of benzene rings is 2. The number of ketones is 1. The van der Waals surface area contributed by atoms with Crippen LogP contribution in [-0.4, -0.2) is 5.78 Å². The molecule has 2 aromatic carbocycles. The van der Waals surface area contributed by atoms with Gasteiger partial charge in [-0.3, -0.25) is 4.79 Å². The van der Waals surface area contributed by atoms with Crippen LogP contribution in [0.2, 0.25) is 0 Å². The third-order valence-electron chi connectivity index (χ3n) is 3.14. The van der Waals surface area contributed by atoms with E-state index in [9.17, 15) is 14.4 Å². The van der Waals surface area contributed by atoms with Crippen LogP contribution in [0.1, 0.15) is 27.4 Å². The van der Waals surface area contributed by atoms with Gasteiger partial charge in [-0.2, -0.15) is 5.26 Å². The molecule has 0 fully saturated rings. The first-order valence-corrected chi connectivity index (χ1v) is 6.79. The third kappa shape index (κ3) is 2.63. The molecule has 0 heterocycles. The van der Waals surface area contributed by atoms with E-state index in [0.29, 0.717) is 5.56 Å². The highest BCUT2D eigenvalue weighted by Crippen LogP contribution is 2.27. The van der Waals surface area contributed by atoms with Crippen LogP contribution in [0.3, 0.4) is 0 Å². The summed E-state index contributed by atoms with van der Waals surface area (Å²) >= 11 is 3.35. The predicted octanol–water partition coefficient (Wildman–Crippen LogP) is 4.39. The van der Waals surface area contributed by atoms with Crippen molar-refractivity contribution >= 4 is 21.7 Å². The molecule has 1 atom stereocenters. The molecule has 0 saturated heterocycles. The summed E-state index contributed by atoms with van der Waals surface area (Å²) in [5, 5.41) is 9.25. The lowest BCUT2D eigenvalue weighted by Crippen LogP contribution is -2.14. The van der Waals surface area contributed by atoms with E-state index in [1.54, 1.807) is 25.1 Å². The van der Waals surface area contributed by atoms with Crippen molar-refractivity contribution in [2.24, 2.45) is 0 Å². The molecule has 0 aliphatic heterocycles. The summed E-state index contributed by atoms with van der Waals surface area (Å²) in [6.07, 6.45) is 0. The summed E-state index contributed by atoms with van der Waals surface area (Å²) in [7, 11) is 0. The lowest BCUT2D eigenvalue weighted by molar-refractivity contribution is 0.0977. The van der Waals surface area contributed by atoms with Crippen molar-refractivity contribution in [1.82, 2.24) is 0 Å². The quantitative estimate of drug-likeness (QED) is 0.783. The molecule has 0 amide bonds. The maximum atomic E-state index is 13.8. The van der Waals surface area contributed by atoms with E-state index < -0.39 is 17.5 Å². The van der Waals surface area contributed by atoms with Crippen LogP contribution in [0.4, 0.5) is 4.39 Å². The van der Waals surface area contributed by atoms with Crippen molar-refractivity contribution in [2.45, 2.75) is 12.8 Å². The summed E-state index contributed by atoms with van der Waals surface area (Å²) in [5.74, 6) is -2.07. The van der Waals surface area contributed by atoms with Gasteiger partial charge in [0.1, 0.15) is 11.7 Å². The molecular formula is C16H11BrFNO. The number of nitriles is 1. The highest BCUT2D eigenvalue weighted by molar-refractivity contribution is 9.10. The topological polar surface area (TPSA) is 40.9 Å². The second kappa shape index (κ2) is 5.98. The van der Waals surface area contributed by atoms with Gasteiger partial charge in [-0.25, -0.2) is 4.39 Å². The maximum Gasteiger partial charge on any atom is 0.184 e. The van der Waals surface area contributed by atoms with Crippen molar-refractivity contribution in [3.63, 3.8) is 0 Å². The number of halogens is 2. The zero-order chi connectivity index (χ0) is 14.7. The van der Waals surface area contributed by atoms with E-state index in [1.807, 2.05) is 12.1 Å². The van der Waals surface area contributed by atoms with Crippen LogP contribution in [0, 0.1) is 24.1 Å². The molecule has 0 aromatic heterocycles. The predicted molar refractivity (Wildman–Crippen MR) is 78.0 cm³/mol. The summed E-state index contributed by atoms with van der Waals surface area (Å²) < 4.78 is 14.6. The van der Waals surface area contributed by atoms with Gasteiger partial charge in [-0.15, -0.1) is 0 Å². The molecule has 0 aliphatic carbocycles. The molecule has 0 saturated carbocycles. The molecule has 20 heavy (non-hydrogen) atoms. The molecule has 1 unspecified atom stereocenters. The van der Waals surface area contributed by atoms with Crippen LogP contribution in [-0.2, 0) is 0 Å². The molecule has 2 aromatic rings. The fourth-order valence-corrected chi connectivity index (χ4v) is 2.37. The fraction of sp³-hybridized carbons (Fsp3) is 0.125. The van der Waals surface area contributed by atoms with Crippen LogP contribution >= 0.6 is 15.9 Å². The number of carbonyl (C=O) groups is 1. The molecule has 2 nitrogen and oxygen atoms in total. The average molecular weight is 332 g/mol. The van der Waals surface area contributed by atoms with E-state index >= 15 is 0 Å². The van der Waals surface area contributed by atoms with Crippen molar-refractivity contribution < 1.29 is 9.18 Å². The molecule has 0 N–H and O–H groups in total. The van der Waals surface area contributed by atoms with Gasteiger partial charge < -0.3 is 0 Å². The van der Waals surface area contributed by atoms with Gasteiger partial charge in [0.25, 0.3) is 0 Å². The lowest BCUT2D eigenvalue weighted by atomic mass is 9.89. The average Bonchev–Trinajstić information content (AvgIpc) is 2.44. The van der Waals surface area contributed by atoms with E-state index in [-0.39, 0.29) is 5.56 Å². The van der Waals surface area contributed by atoms with Crippen LogP contribution < -0.4 is 0 Å². The molecule has 0 aliphatic rings. The fourth-order valence-electron chi connectivity index (χ4n) is 2.01. The van der Waals surface area contributed by atoms with Crippen molar-refractivity contribution in [2.75, 3.05) is 0 Å². The number of hydrogen-bond donors (Lipinski definition) is 0. The minimum atomic E-state index is -1.14. The van der Waals surface area contributed by atoms with Gasteiger partial charge in [0.15, 0.2) is 5.78 Å². The Morgan fingerprint density at radius 1 is 1.25 bits per heavy atom. The zero-order valence-corrected chi connectivity index (χ0v) is 12.3. The molecule has 100 valence electrons. The Bertz CT molecular complexity index is 706. The molecule has 0 radical (unpaired) electrons. The van der Waals surface area contributed by atoms with E-state index in [4.69, 9.17) is 0 Å². The maximum absolute atomic E-state index is 13.8. The SMILES string of the molecule is Cc1c(Br)cccc1C(=O)C(C#N)c1ccccc1F. The Kier molecular flexibility index (Phi) is 4.31. The Morgan fingerprint density at radius 2 is 1.95 bits per heavy atom. The van der Waals surface area contributed by atoms with Crippen molar-refractivity contribution in [3.05, 3.63) is 69.4 Å². The zero-order valence-electron chi connectivity index (χ0n) is 10.7. The molecular weight excluding hydrogens is 321 g/mol. The summed E-state index contributed by atoms with van der Waals surface area (Å²) in [6, 6.07) is 12.9. The lowest BCUT2D eigenvalue weighted by Gasteiger charge is -2.12. The summed E-state index contributed by atoms with van der Waals surface area (Å²) in [4.78, 5) is 12.5. The third-order valence-corrected chi connectivity index (χ3v) is 4.00. The first kappa shape index (κ1) is 14.4. The Hall–Kier alpha value is -1.99. The molecule has 4 heteroatoms. The Labute approximate surface area is 125 Å². The van der Waals surface area contributed by atoms with Gasteiger partial charge in [0, 0.05) is 15.6 Å². The standard InChI is InChI=1S/C16H11BrFNO/c1-10-11(6-4-7-14(10)17)16(20)13(9-19)12-5-2-3-8-15(12)18/h2-8,13H,1H3. The second-order valence-electron chi connectivity index (χ2n) is 4.36. The first-order chi connectivity index (χ1) is 9.56. The van der Waals surface area contributed by atoms with E-state index in [1.165, 1.54) is 18.2 Å². The Morgan fingerprint density at radius 3 is 2.60 bits per heavy atom. The van der Waals surface area contributed by atoms with Crippen LogP contribution in [0.25, 0.3) is 0 Å². The number of hydrogen-bond acceptors (Lipinski definition) is 2. The minimum Gasteiger partial charge on any atom is -0.292 e. The minimum absolute atomic E-state index is 0.111. The van der Waals surface area contributed by atoms with Crippen LogP contribution in [0.15, 0.2) is 46.9 Å². The first-order valence-electron chi connectivity index (χ1n) is 5.99. The highest BCUT2D eigenvalue weighted by atomic mass is 79.9. The number of rotatable bonds is 3. The van der Waals surface area contributed by atoms with Gasteiger partial charge in [0.2, 0.25) is 0 Å². The number of nitrogens with zero attached hydrogens (tertiary/aromatic N) is 1. The van der Waals surface area contributed by atoms with Crippen molar-refractivity contribution in [1.29, 1.82) is 5.26 Å². The molecule has 0 bridgehead atoms. The highest BCUT2D eigenvalue weighted by Gasteiger charge is 2.25. The van der Waals surface area contributed by atoms with Crippen LogP contribution in [0.5, 0.6) is 0 Å². The summed E-state index contributed by atoms with van der Waals surface area (Å²) in [5.41, 5.74) is 1.28. The number of Topliss-reactive ketones (excluding diaryl/α,β-unsaturated/α-hetero) is 1. The molecule has 2 rings (SSSR count). The monoisotopic (exact) mass is 331 g/mol.